The number of hydrogen-bond donors (Lipinski definition) is 0. The Balaban J connectivity index is 0.624. The molecule has 0 fully saturated rings. The molecular weight excluding hydrogens is 1640 g/mol. The maximum Gasteiger partial charge on any atom is 0.143 e. The molecule has 0 saturated heterocycles. The van der Waals surface area contributed by atoms with Crippen molar-refractivity contribution in [3.05, 3.63) is 478 Å². The third-order valence-corrected chi connectivity index (χ3v) is 28.9. The van der Waals surface area contributed by atoms with Gasteiger partial charge in [-0.2, -0.15) is 0 Å². The summed E-state index contributed by atoms with van der Waals surface area (Å²) >= 11 is 5.58. The Hall–Kier alpha value is -16.0. The summed E-state index contributed by atoms with van der Waals surface area (Å²) in [6, 6.07) is 167. The summed E-state index contributed by atoms with van der Waals surface area (Å²) in [5.74, 6) is 0. The van der Waals surface area contributed by atoms with E-state index in [9.17, 15) is 0 Å². The SMILES string of the molecule is C1=C(c2ccc(N(c3ccc(-c4cccc5c4oc4ccccc45)cc3)c3ccc(N(c4ccc(N(c5ccc(-c6ccc(-c7ccccc7)s6)cc5)c5ccc(-c6cccc7c6oc6ccccc67)cc5)cc4)c4ccc(N(c5ccc(-c6ccc(-c7ccccc7)s6)cc5)c5ccc(-c6cccc7c6oc6ccccc67)cc5)cc4)cc3)cc2)SC(c2ccccc2)C1. The zero-order valence-electron chi connectivity index (χ0n) is 70.5. The van der Waals surface area contributed by atoms with Gasteiger partial charge in [0.05, 0.1) is 0 Å². The van der Waals surface area contributed by atoms with Gasteiger partial charge in [0.1, 0.15) is 33.5 Å². The standard InChI is InChI=1S/C120H80N4O3S3/c1-4-19-82(20-5-1)112-73-76-115(128-112)85-43-55-91(56-44-85)121(88-49-37-79(38-50-88)100-28-16-31-106-103-25-10-13-34-109(103)125-118(100)106)94-61-67-97(68-62-94)124(98-69-63-95(64-70-98)122(92-57-45-86(46-58-92)116-77-74-113(129-116)83-21-6-2-7-22-83)89-51-39-80(40-52-89)101-29-17-32-107-104-26-11-14-35-110(104)126-119(101)107)99-71-65-96(66-72-99)123(93-59-47-87(48-60-93)117-78-75-114(130-117)84-23-8-3-9-24-84)90-53-41-81(42-54-90)102-30-18-33-108-105-27-12-15-36-111(105)127-120(102)108/h1-74,76-78,114H,75H2. The Kier molecular flexibility index (Phi) is 20.0. The van der Waals surface area contributed by atoms with Crippen molar-refractivity contribution in [2.45, 2.75) is 11.7 Å². The van der Waals surface area contributed by atoms with Crippen LogP contribution < -0.4 is 19.6 Å². The molecule has 5 aromatic heterocycles. The summed E-state index contributed by atoms with van der Waals surface area (Å²) < 4.78 is 19.9. The molecule has 1 aliphatic heterocycles. The highest BCUT2D eigenvalue weighted by Gasteiger charge is 2.26. The maximum absolute atomic E-state index is 6.63. The van der Waals surface area contributed by atoms with Gasteiger partial charge in [0.2, 0.25) is 0 Å². The van der Waals surface area contributed by atoms with Crippen LogP contribution in [0.25, 0.3) is 146 Å². The second-order valence-corrected chi connectivity index (χ2v) is 36.3. The zero-order chi connectivity index (χ0) is 86.0. The fraction of sp³-hybridized carbons (Fsp3) is 0.0167. The van der Waals surface area contributed by atoms with Crippen LogP contribution in [-0.4, -0.2) is 0 Å². The van der Waals surface area contributed by atoms with Crippen LogP contribution in [0.3, 0.4) is 0 Å². The van der Waals surface area contributed by atoms with Crippen LogP contribution in [0.15, 0.2) is 480 Å². The molecule has 23 aromatic rings. The van der Waals surface area contributed by atoms with Crippen LogP contribution in [-0.2, 0) is 0 Å². The lowest BCUT2D eigenvalue weighted by atomic mass is 10.0. The van der Waals surface area contributed by atoms with Gasteiger partial charge in [-0.3, -0.25) is 0 Å². The second kappa shape index (κ2) is 33.4. The summed E-state index contributed by atoms with van der Waals surface area (Å²) in [5, 5.41) is 7.00. The number of furan rings is 3. The normalized spacial score (nSPS) is 12.7. The highest BCUT2D eigenvalue weighted by atomic mass is 32.2. The molecule has 24 rings (SSSR count). The molecule has 616 valence electrons. The molecule has 0 radical (unpaired) electrons. The molecule has 0 bridgehead atoms. The molecule has 1 atom stereocenters. The van der Waals surface area contributed by atoms with Gasteiger partial charge in [-0.05, 0) is 245 Å². The van der Waals surface area contributed by atoms with E-state index < -0.39 is 0 Å². The van der Waals surface area contributed by atoms with Gasteiger partial charge in [-0.25, -0.2) is 0 Å². The predicted molar refractivity (Wildman–Crippen MR) is 550 cm³/mol. The predicted octanol–water partition coefficient (Wildman–Crippen LogP) is 36.3. The number of allylic oxidation sites excluding steroid dienone is 1. The number of hydrogen-bond acceptors (Lipinski definition) is 10. The van der Waals surface area contributed by atoms with Gasteiger partial charge in [-0.1, -0.05) is 279 Å². The first-order chi connectivity index (χ1) is 64.4. The van der Waals surface area contributed by atoms with E-state index in [1.807, 2.05) is 52.6 Å². The number of anilines is 12. The van der Waals surface area contributed by atoms with E-state index in [1.54, 1.807) is 0 Å². The molecule has 130 heavy (non-hydrogen) atoms. The Labute approximate surface area is 765 Å². The van der Waals surface area contributed by atoms with Crippen molar-refractivity contribution in [3.8, 4) is 75.1 Å². The Morgan fingerprint density at radius 2 is 0.423 bits per heavy atom. The molecule has 0 amide bonds. The van der Waals surface area contributed by atoms with Crippen LogP contribution in [0.2, 0.25) is 0 Å². The highest BCUT2D eigenvalue weighted by Crippen LogP contribution is 2.52. The van der Waals surface area contributed by atoms with Crippen LogP contribution >= 0.6 is 34.4 Å². The third kappa shape index (κ3) is 14.6. The van der Waals surface area contributed by atoms with Gasteiger partial charge >= 0.3 is 0 Å². The van der Waals surface area contributed by atoms with Crippen molar-refractivity contribution in [2.24, 2.45) is 0 Å². The van der Waals surface area contributed by atoms with Crippen molar-refractivity contribution in [1.82, 2.24) is 0 Å². The van der Waals surface area contributed by atoms with Crippen molar-refractivity contribution >= 4 is 173 Å². The van der Waals surface area contributed by atoms with E-state index in [4.69, 9.17) is 13.3 Å². The maximum atomic E-state index is 6.63. The molecule has 0 aliphatic carbocycles. The lowest BCUT2D eigenvalue weighted by Gasteiger charge is -2.30. The zero-order valence-corrected chi connectivity index (χ0v) is 72.9. The fourth-order valence-corrected chi connectivity index (χ4v) is 22.0. The smallest absolute Gasteiger partial charge is 0.143 e. The summed E-state index contributed by atoms with van der Waals surface area (Å²) in [5.41, 5.74) is 31.0. The van der Waals surface area contributed by atoms with Gasteiger partial charge in [0, 0.05) is 147 Å². The average Bonchev–Trinajstić information content (AvgIpc) is 1.58. The van der Waals surface area contributed by atoms with Crippen LogP contribution in [0.4, 0.5) is 68.2 Å². The van der Waals surface area contributed by atoms with Gasteiger partial charge in [0.15, 0.2) is 0 Å². The van der Waals surface area contributed by atoms with Crippen LogP contribution in [0.5, 0.6) is 0 Å². The number of thioether (sulfide) groups is 1. The lowest BCUT2D eigenvalue weighted by Crippen LogP contribution is -2.14. The number of fused-ring (bicyclic) bond motifs is 9. The van der Waals surface area contributed by atoms with Crippen molar-refractivity contribution in [1.29, 1.82) is 0 Å². The molecule has 10 heteroatoms. The Bertz CT molecular complexity index is 7780. The molecular formula is C120H80N4O3S3. The lowest BCUT2D eigenvalue weighted by molar-refractivity contribution is 0.669. The van der Waals surface area contributed by atoms with Crippen LogP contribution in [0, 0.1) is 0 Å². The largest absolute Gasteiger partial charge is 0.455 e. The fourth-order valence-electron chi connectivity index (χ4n) is 18.7. The first-order valence-corrected chi connectivity index (χ1v) is 46.5. The molecule has 0 saturated carbocycles. The van der Waals surface area contributed by atoms with E-state index in [-0.39, 0.29) is 0 Å². The first-order valence-electron chi connectivity index (χ1n) is 44.0. The number of para-hydroxylation sites is 6. The molecule has 1 aliphatic rings. The molecule has 7 nitrogen and oxygen atoms in total. The quantitative estimate of drug-likeness (QED) is 0.0705. The summed E-state index contributed by atoms with van der Waals surface area (Å²) in [6.07, 6.45) is 3.39. The number of benzene rings is 18. The Morgan fingerprint density at radius 3 is 0.715 bits per heavy atom. The van der Waals surface area contributed by atoms with Gasteiger partial charge in [0.25, 0.3) is 0 Å². The summed E-state index contributed by atoms with van der Waals surface area (Å²) in [6.45, 7) is 0. The monoisotopic (exact) mass is 1720 g/mol. The highest BCUT2D eigenvalue weighted by molar-refractivity contribution is 8.08. The first kappa shape index (κ1) is 77.6. The van der Waals surface area contributed by atoms with E-state index in [0.29, 0.717) is 5.25 Å². The van der Waals surface area contributed by atoms with Crippen molar-refractivity contribution in [3.63, 3.8) is 0 Å². The van der Waals surface area contributed by atoms with Crippen molar-refractivity contribution < 1.29 is 13.3 Å². The third-order valence-electron chi connectivity index (χ3n) is 25.1. The van der Waals surface area contributed by atoms with E-state index in [2.05, 4.69) is 469 Å². The topological polar surface area (TPSA) is 52.4 Å². The van der Waals surface area contributed by atoms with E-state index in [1.165, 1.54) is 46.7 Å². The summed E-state index contributed by atoms with van der Waals surface area (Å²) in [7, 11) is 0. The summed E-state index contributed by atoms with van der Waals surface area (Å²) in [4.78, 5) is 15.7. The molecule has 6 heterocycles. The minimum atomic E-state index is 0.377. The van der Waals surface area contributed by atoms with Gasteiger partial charge in [-0.15, -0.1) is 34.4 Å². The second-order valence-electron chi connectivity index (χ2n) is 32.9. The van der Waals surface area contributed by atoms with Crippen molar-refractivity contribution in [2.75, 3.05) is 19.6 Å². The molecule has 1 unspecified atom stereocenters. The van der Waals surface area contributed by atoms with Crippen LogP contribution in [0.1, 0.15) is 22.8 Å². The van der Waals surface area contributed by atoms with E-state index in [0.717, 1.165) is 185 Å². The number of nitrogens with zero attached hydrogens (tertiary/aromatic N) is 4. The number of thiophene rings is 2. The average molecular weight is 1720 g/mol. The van der Waals surface area contributed by atoms with E-state index >= 15 is 0 Å². The number of rotatable bonds is 21. The molecule has 0 N–H and O–H groups in total. The molecule has 18 aromatic carbocycles. The van der Waals surface area contributed by atoms with Gasteiger partial charge < -0.3 is 32.9 Å². The minimum absolute atomic E-state index is 0.377. The minimum Gasteiger partial charge on any atom is -0.455 e. The Morgan fingerprint density at radius 1 is 0.192 bits per heavy atom. The molecule has 0 spiro atoms.